The third-order valence-corrected chi connectivity index (χ3v) is 4.17. The van der Waals surface area contributed by atoms with Crippen LogP contribution in [-0.2, 0) is 16.0 Å². The summed E-state index contributed by atoms with van der Waals surface area (Å²) in [5, 5.41) is 2.21. The molecule has 5 nitrogen and oxygen atoms in total. The number of hydrogen-bond donors (Lipinski definition) is 0. The molecule has 0 fully saturated rings. The number of furan rings is 1. The molecular weight excluding hydrogens is 342 g/mol. The number of nitrogens with zero attached hydrogens (tertiary/aromatic N) is 1. The highest BCUT2D eigenvalue weighted by atomic mass is 16.6. The van der Waals surface area contributed by atoms with Crippen LogP contribution in [0.3, 0.4) is 0 Å². The standard InChI is InChI=1S/C22H27NO4/c1-5-7-15-14-26-18-11-10-17-16(21(15)18)9-12-19(23-17)25-13-6-8-20(24)27-22(2,3)4/h9-12,14H,5-8,13H2,1-4H3. The Kier molecular flexibility index (Phi) is 5.68. The van der Waals surface area contributed by atoms with Crippen LogP contribution in [0.2, 0.25) is 0 Å². The van der Waals surface area contributed by atoms with E-state index >= 15 is 0 Å². The first kappa shape index (κ1) is 19.2. The van der Waals surface area contributed by atoms with E-state index in [9.17, 15) is 4.79 Å². The van der Waals surface area contributed by atoms with Gasteiger partial charge in [-0.2, -0.15) is 0 Å². The van der Waals surface area contributed by atoms with E-state index < -0.39 is 5.60 Å². The fourth-order valence-corrected chi connectivity index (χ4v) is 3.11. The van der Waals surface area contributed by atoms with Crippen LogP contribution in [0.25, 0.3) is 21.9 Å². The minimum atomic E-state index is -0.451. The lowest BCUT2D eigenvalue weighted by molar-refractivity contribution is -0.155. The normalized spacial score (nSPS) is 11.9. The van der Waals surface area contributed by atoms with Crippen LogP contribution < -0.4 is 4.74 Å². The Hall–Kier alpha value is -2.56. The van der Waals surface area contributed by atoms with E-state index in [0.29, 0.717) is 25.3 Å². The van der Waals surface area contributed by atoms with Crippen molar-refractivity contribution in [2.75, 3.05) is 6.61 Å². The molecule has 0 aliphatic carbocycles. The summed E-state index contributed by atoms with van der Waals surface area (Å²) in [7, 11) is 0. The van der Waals surface area contributed by atoms with Crippen molar-refractivity contribution in [1.29, 1.82) is 0 Å². The number of aryl methyl sites for hydroxylation is 1. The van der Waals surface area contributed by atoms with Gasteiger partial charge < -0.3 is 13.9 Å². The van der Waals surface area contributed by atoms with Gasteiger partial charge >= 0.3 is 5.97 Å². The Morgan fingerprint density at radius 3 is 2.74 bits per heavy atom. The molecule has 0 radical (unpaired) electrons. The molecule has 2 aromatic heterocycles. The minimum absolute atomic E-state index is 0.205. The Morgan fingerprint density at radius 1 is 1.19 bits per heavy atom. The molecule has 5 heteroatoms. The second kappa shape index (κ2) is 7.99. The number of aromatic nitrogens is 1. The van der Waals surface area contributed by atoms with Crippen molar-refractivity contribution in [2.45, 2.75) is 59.0 Å². The molecule has 1 aromatic carbocycles. The number of carbonyl (C=O) groups excluding carboxylic acids is 1. The van der Waals surface area contributed by atoms with Gasteiger partial charge in [0.15, 0.2) is 0 Å². The molecule has 0 amide bonds. The molecule has 0 unspecified atom stereocenters. The van der Waals surface area contributed by atoms with Gasteiger partial charge in [-0.25, -0.2) is 4.98 Å². The summed E-state index contributed by atoms with van der Waals surface area (Å²) in [6, 6.07) is 7.81. The van der Waals surface area contributed by atoms with Crippen molar-refractivity contribution in [3.05, 3.63) is 36.1 Å². The molecule has 27 heavy (non-hydrogen) atoms. The van der Waals surface area contributed by atoms with Gasteiger partial charge in [-0.3, -0.25) is 4.79 Å². The SMILES string of the molecule is CCCc1coc2ccc3nc(OCCCC(=O)OC(C)(C)C)ccc3c12. The van der Waals surface area contributed by atoms with E-state index in [-0.39, 0.29) is 5.97 Å². The second-order valence-corrected chi connectivity index (χ2v) is 7.70. The monoisotopic (exact) mass is 369 g/mol. The first-order valence-electron chi connectivity index (χ1n) is 9.52. The topological polar surface area (TPSA) is 61.6 Å². The number of hydrogen-bond acceptors (Lipinski definition) is 5. The average molecular weight is 369 g/mol. The molecule has 0 N–H and O–H groups in total. The first-order valence-corrected chi connectivity index (χ1v) is 9.52. The molecule has 144 valence electrons. The van der Waals surface area contributed by atoms with Gasteiger partial charge in [-0.05, 0) is 57.4 Å². The maximum absolute atomic E-state index is 11.7. The van der Waals surface area contributed by atoms with Crippen LogP contribution in [0, 0.1) is 0 Å². The fourth-order valence-electron chi connectivity index (χ4n) is 3.11. The number of benzene rings is 1. The largest absolute Gasteiger partial charge is 0.478 e. The summed E-state index contributed by atoms with van der Waals surface area (Å²) in [5.74, 6) is 0.356. The highest BCUT2D eigenvalue weighted by Crippen LogP contribution is 2.31. The molecule has 0 atom stereocenters. The number of esters is 1. The zero-order chi connectivity index (χ0) is 19.4. The molecule has 0 aliphatic rings. The van der Waals surface area contributed by atoms with E-state index in [4.69, 9.17) is 13.9 Å². The van der Waals surface area contributed by atoms with Crippen molar-refractivity contribution in [2.24, 2.45) is 0 Å². The zero-order valence-electron chi connectivity index (χ0n) is 16.5. The fraction of sp³-hybridized carbons (Fsp3) is 0.455. The van der Waals surface area contributed by atoms with Gasteiger partial charge in [0.1, 0.15) is 11.2 Å². The Labute approximate surface area is 159 Å². The molecule has 0 spiro atoms. The molecule has 0 aliphatic heterocycles. The van der Waals surface area contributed by atoms with Crippen LogP contribution in [0.4, 0.5) is 0 Å². The summed E-state index contributed by atoms with van der Waals surface area (Å²) in [6.45, 7) is 8.17. The lowest BCUT2D eigenvalue weighted by Gasteiger charge is -2.19. The van der Waals surface area contributed by atoms with Gasteiger partial charge in [0.2, 0.25) is 5.88 Å². The van der Waals surface area contributed by atoms with Gasteiger partial charge in [-0.1, -0.05) is 13.3 Å². The summed E-state index contributed by atoms with van der Waals surface area (Å²) >= 11 is 0. The average Bonchev–Trinajstić information content (AvgIpc) is 3.01. The second-order valence-electron chi connectivity index (χ2n) is 7.70. The third kappa shape index (κ3) is 4.79. The molecular formula is C22H27NO4. The van der Waals surface area contributed by atoms with E-state index in [1.54, 1.807) is 0 Å². The van der Waals surface area contributed by atoms with Crippen LogP contribution >= 0.6 is 0 Å². The number of carbonyl (C=O) groups is 1. The van der Waals surface area contributed by atoms with E-state index in [2.05, 4.69) is 11.9 Å². The van der Waals surface area contributed by atoms with Crippen LogP contribution in [-0.4, -0.2) is 23.2 Å². The lowest BCUT2D eigenvalue weighted by Crippen LogP contribution is -2.24. The van der Waals surface area contributed by atoms with Crippen LogP contribution in [0.1, 0.15) is 52.5 Å². The molecule has 3 rings (SSSR count). The van der Waals surface area contributed by atoms with Crippen molar-refractivity contribution < 1.29 is 18.7 Å². The summed E-state index contributed by atoms with van der Waals surface area (Å²) in [6.07, 6.45) is 4.82. The Balaban J connectivity index is 1.66. The third-order valence-electron chi connectivity index (χ3n) is 4.17. The van der Waals surface area contributed by atoms with Gasteiger partial charge in [-0.15, -0.1) is 0 Å². The lowest BCUT2D eigenvalue weighted by atomic mass is 10.0. The summed E-state index contributed by atoms with van der Waals surface area (Å²) < 4.78 is 16.7. The predicted molar refractivity (Wildman–Crippen MR) is 106 cm³/mol. The van der Waals surface area contributed by atoms with E-state index in [0.717, 1.165) is 34.7 Å². The maximum atomic E-state index is 11.7. The number of fused-ring (bicyclic) bond motifs is 3. The predicted octanol–water partition coefficient (Wildman–Crippen LogP) is 5.43. The zero-order valence-corrected chi connectivity index (χ0v) is 16.5. The highest BCUT2D eigenvalue weighted by molar-refractivity contribution is 6.06. The van der Waals surface area contributed by atoms with Crippen molar-refractivity contribution in [1.82, 2.24) is 4.98 Å². The van der Waals surface area contributed by atoms with Crippen molar-refractivity contribution >= 4 is 27.8 Å². The quantitative estimate of drug-likeness (QED) is 0.410. The molecule has 0 bridgehead atoms. The van der Waals surface area contributed by atoms with Gasteiger partial charge in [0.25, 0.3) is 0 Å². The molecule has 3 aromatic rings. The highest BCUT2D eigenvalue weighted by Gasteiger charge is 2.16. The number of rotatable bonds is 7. The smallest absolute Gasteiger partial charge is 0.306 e. The van der Waals surface area contributed by atoms with Gasteiger partial charge in [0.05, 0.1) is 18.4 Å². The minimum Gasteiger partial charge on any atom is -0.478 e. The Bertz CT molecular complexity index is 937. The number of ether oxygens (including phenoxy) is 2. The maximum Gasteiger partial charge on any atom is 0.306 e. The van der Waals surface area contributed by atoms with E-state index in [1.807, 2.05) is 51.3 Å². The number of pyridine rings is 1. The van der Waals surface area contributed by atoms with Crippen molar-refractivity contribution in [3.63, 3.8) is 0 Å². The molecule has 0 saturated heterocycles. The van der Waals surface area contributed by atoms with Crippen LogP contribution in [0.5, 0.6) is 5.88 Å². The molecule has 0 saturated carbocycles. The Morgan fingerprint density at radius 2 is 2.00 bits per heavy atom. The van der Waals surface area contributed by atoms with E-state index in [1.165, 1.54) is 5.56 Å². The summed E-state index contributed by atoms with van der Waals surface area (Å²) in [5.41, 5.74) is 2.53. The van der Waals surface area contributed by atoms with Crippen LogP contribution in [0.15, 0.2) is 34.9 Å². The van der Waals surface area contributed by atoms with Crippen molar-refractivity contribution in [3.8, 4) is 5.88 Å². The first-order chi connectivity index (χ1) is 12.9. The van der Waals surface area contributed by atoms with Gasteiger partial charge in [0, 0.05) is 23.3 Å². The summed E-state index contributed by atoms with van der Waals surface area (Å²) in [4.78, 5) is 16.3. The molecule has 2 heterocycles.